The molecular formula is C16H20N2O2. The summed E-state index contributed by atoms with van der Waals surface area (Å²) >= 11 is 0. The van der Waals surface area contributed by atoms with Crippen LogP contribution in [0.2, 0.25) is 0 Å². The summed E-state index contributed by atoms with van der Waals surface area (Å²) < 4.78 is 5.85. The molecule has 20 heavy (non-hydrogen) atoms. The van der Waals surface area contributed by atoms with Crippen molar-refractivity contribution in [1.29, 1.82) is 0 Å². The fourth-order valence-electron chi connectivity index (χ4n) is 2.78. The molecule has 0 spiro atoms. The van der Waals surface area contributed by atoms with Crippen molar-refractivity contribution in [3.05, 3.63) is 39.7 Å². The van der Waals surface area contributed by atoms with Gasteiger partial charge in [-0.15, -0.1) is 0 Å². The molecule has 0 unspecified atom stereocenters. The lowest BCUT2D eigenvalue weighted by molar-refractivity contribution is 0.312. The molecule has 0 amide bonds. The van der Waals surface area contributed by atoms with E-state index in [0.717, 1.165) is 43.0 Å². The van der Waals surface area contributed by atoms with Crippen LogP contribution >= 0.6 is 0 Å². The zero-order valence-electron chi connectivity index (χ0n) is 12.3. The molecule has 1 saturated heterocycles. The van der Waals surface area contributed by atoms with Gasteiger partial charge in [-0.1, -0.05) is 0 Å². The third-order valence-corrected chi connectivity index (χ3v) is 3.92. The Morgan fingerprint density at radius 1 is 1.05 bits per heavy atom. The number of aryl methyl sites for hydroxylation is 2. The molecule has 2 heterocycles. The zero-order chi connectivity index (χ0) is 14.3. The molecule has 1 fully saturated rings. The average molecular weight is 272 g/mol. The second kappa shape index (κ2) is 4.94. The van der Waals surface area contributed by atoms with Crippen LogP contribution in [0.1, 0.15) is 11.3 Å². The quantitative estimate of drug-likeness (QED) is 0.797. The second-order valence-corrected chi connectivity index (χ2v) is 5.67. The summed E-state index contributed by atoms with van der Waals surface area (Å²) in [4.78, 5) is 16.8. The molecule has 0 aliphatic carbocycles. The first-order chi connectivity index (χ1) is 9.54. The van der Waals surface area contributed by atoms with Gasteiger partial charge >= 0.3 is 0 Å². The van der Waals surface area contributed by atoms with Crippen LogP contribution < -0.4 is 10.3 Å². The van der Waals surface area contributed by atoms with Gasteiger partial charge in [0.05, 0.1) is 11.1 Å². The molecule has 4 heteroatoms. The van der Waals surface area contributed by atoms with Gasteiger partial charge in [0.15, 0.2) is 11.0 Å². The molecular weight excluding hydrogens is 252 g/mol. The van der Waals surface area contributed by atoms with E-state index in [1.807, 2.05) is 19.9 Å². The summed E-state index contributed by atoms with van der Waals surface area (Å²) in [6.45, 7) is 7.85. The van der Waals surface area contributed by atoms with E-state index >= 15 is 0 Å². The number of hydrogen-bond donors (Lipinski definition) is 0. The lowest BCUT2D eigenvalue weighted by atomic mass is 10.1. The first-order valence-electron chi connectivity index (χ1n) is 7.03. The number of piperazine rings is 1. The van der Waals surface area contributed by atoms with E-state index in [2.05, 4.69) is 22.9 Å². The molecule has 0 atom stereocenters. The third kappa shape index (κ3) is 2.31. The normalized spacial score (nSPS) is 16.9. The summed E-state index contributed by atoms with van der Waals surface area (Å²) in [6.07, 6.45) is 0. The molecule has 1 aromatic heterocycles. The Bertz CT molecular complexity index is 697. The summed E-state index contributed by atoms with van der Waals surface area (Å²) in [7, 11) is 2.13. The van der Waals surface area contributed by atoms with Gasteiger partial charge in [-0.25, -0.2) is 0 Å². The number of anilines is 1. The maximum atomic E-state index is 12.2. The number of benzene rings is 1. The van der Waals surface area contributed by atoms with Crippen molar-refractivity contribution in [2.45, 2.75) is 13.8 Å². The van der Waals surface area contributed by atoms with Crippen LogP contribution in [0.3, 0.4) is 0 Å². The van der Waals surface area contributed by atoms with Gasteiger partial charge in [0.2, 0.25) is 0 Å². The minimum absolute atomic E-state index is 0.0443. The molecule has 106 valence electrons. The molecule has 4 nitrogen and oxygen atoms in total. The maximum Gasteiger partial charge on any atom is 0.193 e. The van der Waals surface area contributed by atoms with Crippen molar-refractivity contribution in [2.24, 2.45) is 0 Å². The monoisotopic (exact) mass is 272 g/mol. The predicted octanol–water partition coefficient (Wildman–Crippen LogP) is 2.16. The fourth-order valence-corrected chi connectivity index (χ4v) is 2.78. The molecule has 0 saturated carbocycles. The van der Waals surface area contributed by atoms with Crippen molar-refractivity contribution in [1.82, 2.24) is 4.90 Å². The highest BCUT2D eigenvalue weighted by Gasteiger charge is 2.19. The lowest BCUT2D eigenvalue weighted by Crippen LogP contribution is -2.44. The molecule has 3 rings (SSSR count). The number of hydrogen-bond acceptors (Lipinski definition) is 4. The van der Waals surface area contributed by atoms with E-state index in [-0.39, 0.29) is 5.43 Å². The number of fused-ring (bicyclic) bond motifs is 1. The van der Waals surface area contributed by atoms with Crippen molar-refractivity contribution < 1.29 is 4.42 Å². The van der Waals surface area contributed by atoms with Crippen LogP contribution in [0.25, 0.3) is 11.0 Å². The zero-order valence-corrected chi connectivity index (χ0v) is 12.3. The summed E-state index contributed by atoms with van der Waals surface area (Å²) in [5, 5.41) is 0.685. The van der Waals surface area contributed by atoms with Crippen LogP contribution in [0.15, 0.2) is 27.4 Å². The summed E-state index contributed by atoms with van der Waals surface area (Å²) in [5.41, 5.74) is 2.92. The largest absolute Gasteiger partial charge is 0.459 e. The fraction of sp³-hybridized carbons (Fsp3) is 0.438. The Hall–Kier alpha value is -1.81. The Morgan fingerprint density at radius 2 is 1.75 bits per heavy atom. The van der Waals surface area contributed by atoms with E-state index in [9.17, 15) is 4.79 Å². The number of rotatable bonds is 1. The first kappa shape index (κ1) is 13.2. The molecule has 2 aromatic rings. The summed E-state index contributed by atoms with van der Waals surface area (Å²) in [5.74, 6) is 0.668. The first-order valence-corrected chi connectivity index (χ1v) is 7.03. The van der Waals surface area contributed by atoms with Gasteiger partial charge in [-0.05, 0) is 38.6 Å². The van der Waals surface area contributed by atoms with Gasteiger partial charge < -0.3 is 14.2 Å². The highest BCUT2D eigenvalue weighted by Crippen LogP contribution is 2.28. The SMILES string of the molecule is Cc1cc(N2CCN(C)CC2)c2oc(C)cc(=O)c2c1. The molecule has 1 aliphatic rings. The standard InChI is InChI=1S/C16H20N2O2/c1-11-8-13-15(19)10-12(2)20-16(13)14(9-11)18-6-4-17(3)5-7-18/h8-10H,4-7H2,1-3H3. The molecule has 1 aromatic carbocycles. The lowest BCUT2D eigenvalue weighted by Gasteiger charge is -2.34. The van der Waals surface area contributed by atoms with Gasteiger partial charge in [-0.3, -0.25) is 4.79 Å². The van der Waals surface area contributed by atoms with Crippen molar-refractivity contribution in [2.75, 3.05) is 38.1 Å². The third-order valence-electron chi connectivity index (χ3n) is 3.92. The minimum atomic E-state index is 0.0443. The topological polar surface area (TPSA) is 36.7 Å². The van der Waals surface area contributed by atoms with Crippen LogP contribution in [0.4, 0.5) is 5.69 Å². The maximum absolute atomic E-state index is 12.2. The highest BCUT2D eigenvalue weighted by molar-refractivity contribution is 5.90. The van der Waals surface area contributed by atoms with Crippen LogP contribution in [0, 0.1) is 13.8 Å². The van der Waals surface area contributed by atoms with Gasteiger partial charge in [-0.2, -0.15) is 0 Å². The van der Waals surface area contributed by atoms with Crippen LogP contribution in [-0.4, -0.2) is 38.1 Å². The van der Waals surface area contributed by atoms with E-state index in [4.69, 9.17) is 4.42 Å². The molecule has 0 bridgehead atoms. The van der Waals surface area contributed by atoms with E-state index in [1.54, 1.807) is 6.07 Å². The van der Waals surface area contributed by atoms with Gasteiger partial charge in [0.1, 0.15) is 5.76 Å². The molecule has 1 aliphatic heterocycles. The van der Waals surface area contributed by atoms with E-state index in [1.165, 1.54) is 0 Å². The minimum Gasteiger partial charge on any atom is -0.459 e. The Morgan fingerprint density at radius 3 is 2.45 bits per heavy atom. The number of likely N-dealkylation sites (N-methyl/N-ethyl adjacent to an activating group) is 1. The van der Waals surface area contributed by atoms with Gasteiger partial charge in [0, 0.05) is 32.2 Å². The number of nitrogens with zero attached hydrogens (tertiary/aromatic N) is 2. The van der Waals surface area contributed by atoms with Gasteiger partial charge in [0.25, 0.3) is 0 Å². The molecule has 0 N–H and O–H groups in total. The highest BCUT2D eigenvalue weighted by atomic mass is 16.3. The average Bonchev–Trinajstić information content (AvgIpc) is 2.40. The Kier molecular flexibility index (Phi) is 3.26. The Labute approximate surface area is 118 Å². The van der Waals surface area contributed by atoms with E-state index in [0.29, 0.717) is 11.1 Å². The van der Waals surface area contributed by atoms with Crippen LogP contribution in [0.5, 0.6) is 0 Å². The second-order valence-electron chi connectivity index (χ2n) is 5.67. The van der Waals surface area contributed by atoms with Crippen molar-refractivity contribution >= 4 is 16.7 Å². The smallest absolute Gasteiger partial charge is 0.193 e. The Balaban J connectivity index is 2.16. The molecule has 0 radical (unpaired) electrons. The van der Waals surface area contributed by atoms with Crippen LogP contribution in [-0.2, 0) is 0 Å². The van der Waals surface area contributed by atoms with E-state index < -0.39 is 0 Å². The van der Waals surface area contributed by atoms with Crippen molar-refractivity contribution in [3.8, 4) is 0 Å². The summed E-state index contributed by atoms with van der Waals surface area (Å²) in [6, 6.07) is 5.60. The predicted molar refractivity (Wildman–Crippen MR) is 81.7 cm³/mol. The van der Waals surface area contributed by atoms with Crippen molar-refractivity contribution in [3.63, 3.8) is 0 Å².